The van der Waals surface area contributed by atoms with Crippen molar-refractivity contribution in [3.63, 3.8) is 0 Å². The Morgan fingerprint density at radius 2 is 0.685 bits per heavy atom. The molecule has 15 aromatic rings. The minimum atomic E-state index is -0.824. The third kappa shape index (κ3) is 18.1. The Morgan fingerprint density at radius 1 is 0.361 bits per heavy atom. The molecule has 108 heavy (non-hydrogen) atoms. The van der Waals surface area contributed by atoms with Crippen LogP contribution in [-0.2, 0) is 0 Å². The van der Waals surface area contributed by atoms with Crippen LogP contribution in [-0.4, -0.2) is 72.4 Å². The normalized spacial score (nSPS) is 10.6. The number of methoxy groups -OCH3 is 1. The molecule has 0 saturated carbocycles. The van der Waals surface area contributed by atoms with Crippen LogP contribution in [0.3, 0.4) is 0 Å². The number of hydrogen-bond donors (Lipinski definition) is 0. The molecule has 0 saturated heterocycles. The molecule has 10 aromatic carbocycles. The standard InChI is InChI=1S/C15H10ClNO2S2.C15H11NO5.2C14H8N2O5S.C14H8N2O4S2/c1-9-2-5-11(6-3-9)18-14(20)17-12-8-10(16)4-7-13(12)19-15(17)21;1-19-11-7-8-12-13(9-11)21-15(18)16(12)14(17)20-10-5-3-2-4-6-10;17-13-15(14(22)20-10-4-2-1-3-5-10)11-7-6-9(16(18)19)8-12(11)21-13;17-13(20-10-4-2-1-3-5-10)15-11-7-6-9(16(18)19)8-12(11)21-14(15)22;17-16(18)9-6-7-11-12(8-9)20-14(22)15(11)13(21)19-10-4-2-1-3-5-10/h2-8H,1H3;2-9H,1H3;3*1-8H. The van der Waals surface area contributed by atoms with Crippen LogP contribution in [0.2, 0.25) is 5.02 Å². The van der Waals surface area contributed by atoms with Gasteiger partial charge in [-0.05, 0) is 189 Å². The number of rotatable bonds is 9. The number of carbonyl (C=O) groups excluding carboxylic acids is 2. The van der Waals surface area contributed by atoms with E-state index >= 15 is 0 Å². The second-order valence-corrected chi connectivity index (χ2v) is 24.1. The monoisotopic (exact) mass is 1580 g/mol. The third-order valence-corrected chi connectivity index (χ3v) is 16.4. The molecule has 542 valence electrons. The highest BCUT2D eigenvalue weighted by Gasteiger charge is 2.23. The van der Waals surface area contributed by atoms with Crippen LogP contribution in [0.4, 0.5) is 26.7 Å². The zero-order valence-corrected chi connectivity index (χ0v) is 60.6. The molecule has 5 heterocycles. The van der Waals surface area contributed by atoms with Gasteiger partial charge in [0.2, 0.25) is 0 Å². The van der Waals surface area contributed by atoms with Gasteiger partial charge >= 0.3 is 23.7 Å². The molecule has 0 amide bonds. The summed E-state index contributed by atoms with van der Waals surface area (Å²) in [6.45, 7) is 2.00. The van der Waals surface area contributed by atoms with Gasteiger partial charge in [-0.1, -0.05) is 102 Å². The lowest BCUT2D eigenvalue weighted by Crippen LogP contribution is -2.26. The predicted octanol–water partition coefficient (Wildman–Crippen LogP) is 18.5. The Morgan fingerprint density at radius 3 is 1.13 bits per heavy atom. The quantitative estimate of drug-likeness (QED) is 0.0736. The maximum atomic E-state index is 12.2. The number of oxazole rings is 5. The first-order valence-electron chi connectivity index (χ1n) is 30.7. The van der Waals surface area contributed by atoms with Crippen molar-refractivity contribution in [3.05, 3.63) is 313 Å². The highest BCUT2D eigenvalue weighted by Crippen LogP contribution is 2.29. The number of fused-ring (bicyclic) bond motifs is 5. The predicted molar refractivity (Wildman–Crippen MR) is 413 cm³/mol. The number of benzene rings is 10. The van der Waals surface area contributed by atoms with E-state index in [4.69, 9.17) is 135 Å². The molecular weight excluding hydrogens is 1540 g/mol. The molecule has 36 heteroatoms. The van der Waals surface area contributed by atoms with Gasteiger partial charge in [-0.15, -0.1) is 0 Å². The van der Waals surface area contributed by atoms with Crippen LogP contribution in [0.1, 0.15) is 5.56 Å². The minimum Gasteiger partial charge on any atom is -0.497 e. The zero-order valence-electron chi connectivity index (χ0n) is 55.0. The Hall–Kier alpha value is -13.3. The first kappa shape index (κ1) is 75.9. The summed E-state index contributed by atoms with van der Waals surface area (Å²) < 4.78 is 64.0. The van der Waals surface area contributed by atoms with Crippen molar-refractivity contribution in [2.75, 3.05) is 7.11 Å². The van der Waals surface area contributed by atoms with Crippen molar-refractivity contribution in [1.82, 2.24) is 22.8 Å². The molecule has 0 fully saturated rings. The van der Waals surface area contributed by atoms with Crippen LogP contribution in [0, 0.1) is 51.8 Å². The van der Waals surface area contributed by atoms with Crippen LogP contribution < -0.4 is 39.9 Å². The lowest BCUT2D eigenvalue weighted by molar-refractivity contribution is -0.384. The van der Waals surface area contributed by atoms with E-state index in [0.717, 1.165) is 19.3 Å². The molecule has 29 nitrogen and oxygen atoms in total. The molecular formula is C72H45ClN8O21S6. The van der Waals surface area contributed by atoms with Crippen LogP contribution >= 0.6 is 84.9 Å². The number of nitrogens with zero attached hydrogens (tertiary/aromatic N) is 8. The maximum Gasteiger partial charge on any atom is 0.429 e. The minimum absolute atomic E-state index is 0.0661. The lowest BCUT2D eigenvalue weighted by atomic mass is 10.2. The summed E-state index contributed by atoms with van der Waals surface area (Å²) in [5.41, 5.74) is 4.20. The van der Waals surface area contributed by atoms with Crippen molar-refractivity contribution >= 4 is 185 Å². The molecule has 0 unspecified atom stereocenters. The van der Waals surface area contributed by atoms with Crippen LogP contribution in [0.5, 0.6) is 34.5 Å². The Labute approximate surface area is 640 Å². The van der Waals surface area contributed by atoms with Gasteiger partial charge in [0, 0.05) is 29.3 Å². The van der Waals surface area contributed by atoms with Crippen molar-refractivity contribution in [1.29, 1.82) is 0 Å². The van der Waals surface area contributed by atoms with E-state index in [9.17, 15) is 49.5 Å². The van der Waals surface area contributed by atoms with Gasteiger partial charge in [0.1, 0.15) is 40.0 Å². The Bertz CT molecular complexity index is 5920. The van der Waals surface area contributed by atoms with E-state index in [1.165, 1.54) is 72.3 Å². The van der Waals surface area contributed by atoms with Gasteiger partial charge in [-0.3, -0.25) is 30.3 Å². The van der Waals surface area contributed by atoms with Gasteiger partial charge in [0.25, 0.3) is 47.1 Å². The molecule has 0 aliphatic rings. The van der Waals surface area contributed by atoms with E-state index in [2.05, 4.69) is 0 Å². The Kier molecular flexibility index (Phi) is 23.9. The number of nitro benzene ring substituents is 3. The number of carbonyl (C=O) groups is 2. The van der Waals surface area contributed by atoms with E-state index in [-0.39, 0.29) is 69.4 Å². The highest BCUT2D eigenvalue weighted by molar-refractivity contribution is 7.80. The van der Waals surface area contributed by atoms with E-state index < -0.39 is 38.5 Å². The average Bonchev–Trinajstić information content (AvgIpc) is 1.67. The molecule has 0 atom stereocenters. The Balaban J connectivity index is 0.000000134. The molecule has 0 N–H and O–H groups in total. The number of hydrogen-bond acceptors (Lipinski definition) is 27. The molecule has 15 rings (SSSR count). The summed E-state index contributed by atoms with van der Waals surface area (Å²) in [6, 6.07) is 64.0. The van der Waals surface area contributed by atoms with Crippen LogP contribution in [0.25, 0.3) is 55.5 Å². The average molecular weight is 1590 g/mol. The second-order valence-electron chi connectivity index (χ2n) is 21.6. The van der Waals surface area contributed by atoms with E-state index in [1.54, 1.807) is 132 Å². The summed E-state index contributed by atoms with van der Waals surface area (Å²) in [5, 5.41) is 33.0. The van der Waals surface area contributed by atoms with Crippen molar-refractivity contribution < 1.29 is 74.9 Å². The lowest BCUT2D eigenvalue weighted by Gasteiger charge is -2.08. The van der Waals surface area contributed by atoms with Gasteiger partial charge in [0.05, 0.1) is 62.1 Å². The largest absolute Gasteiger partial charge is 0.497 e. The molecule has 0 radical (unpaired) electrons. The molecule has 0 aliphatic heterocycles. The number of non-ortho nitro benzene ring substituents is 3. The SMILES string of the molecule is COc1ccc2c(c1)oc(=O)n2C(=O)Oc1ccccc1.Cc1ccc(OC(=S)n2c(=S)oc3ccc(Cl)cc32)cc1.O=C(Oc1ccccc1)n1c(=S)oc2cc([N+](=O)[O-])ccc21.O=[N+]([O-])c1ccc2c(c1)oc(=S)n2C(=S)Oc1ccccc1.O=c1oc2cc([N+](=O)[O-])ccc2n1C(=S)Oc1ccccc1. The fraction of sp³-hybridized carbons (Fsp3) is 0.0278. The number of aromatic nitrogens is 5. The summed E-state index contributed by atoms with van der Waals surface area (Å²) in [5.74, 6) is 1.32. The first-order valence-corrected chi connectivity index (χ1v) is 33.5. The van der Waals surface area contributed by atoms with Gasteiger partial charge in [0.15, 0.2) is 27.9 Å². The zero-order chi connectivity index (χ0) is 76.9. The summed E-state index contributed by atoms with van der Waals surface area (Å²) in [7, 11) is 1.50. The summed E-state index contributed by atoms with van der Waals surface area (Å²) in [6.07, 6.45) is -1.57. The summed E-state index contributed by atoms with van der Waals surface area (Å²) in [4.78, 5) is 78.9. The van der Waals surface area contributed by atoms with Crippen LogP contribution in [0.15, 0.2) is 268 Å². The first-order chi connectivity index (χ1) is 51.9. The molecule has 0 aliphatic carbocycles. The topological polar surface area (TPSA) is 343 Å². The van der Waals surface area contributed by atoms with Gasteiger partial charge < -0.3 is 50.5 Å². The van der Waals surface area contributed by atoms with Crippen molar-refractivity contribution in [2.24, 2.45) is 0 Å². The molecule has 5 aromatic heterocycles. The number of halogens is 1. The maximum absolute atomic E-state index is 12.2. The second kappa shape index (κ2) is 34.1. The number of thiocarbonyl (C=S) groups is 3. The fourth-order valence-corrected chi connectivity index (χ4v) is 11.5. The van der Waals surface area contributed by atoms with E-state index in [1.807, 2.05) is 55.5 Å². The van der Waals surface area contributed by atoms with E-state index in [0.29, 0.717) is 72.7 Å². The molecule has 0 spiro atoms. The fourth-order valence-electron chi connectivity index (χ4n) is 9.64. The number of para-hydroxylation sites is 4. The van der Waals surface area contributed by atoms with Crippen molar-refractivity contribution in [2.45, 2.75) is 6.92 Å². The van der Waals surface area contributed by atoms with Gasteiger partial charge in [-0.25, -0.2) is 37.4 Å². The number of aryl methyl sites for hydroxylation is 1. The number of ether oxygens (including phenoxy) is 6. The summed E-state index contributed by atoms with van der Waals surface area (Å²) >= 11 is 37.0. The number of nitro groups is 3. The van der Waals surface area contributed by atoms with Crippen molar-refractivity contribution in [3.8, 4) is 34.5 Å². The smallest absolute Gasteiger partial charge is 0.429 e. The highest BCUT2D eigenvalue weighted by atomic mass is 35.5. The molecule has 0 bridgehead atoms. The van der Waals surface area contributed by atoms with Gasteiger partial charge in [-0.2, -0.15) is 4.57 Å². The third-order valence-electron chi connectivity index (χ3n) is 14.6.